The number of fused-ring (bicyclic) bond motifs is 3. The van der Waals surface area contributed by atoms with Crippen LogP contribution in [0.4, 0.5) is 0 Å². The second-order valence-electron chi connectivity index (χ2n) is 23.4. The predicted molar refractivity (Wildman–Crippen MR) is 287 cm³/mol. The number of methoxy groups -OCH3 is 3. The number of allylic oxidation sites excluding steroid dienone is 6. The van der Waals surface area contributed by atoms with Gasteiger partial charge in [0.05, 0.1) is 43.7 Å². The van der Waals surface area contributed by atoms with Crippen molar-refractivity contribution in [1.29, 1.82) is 0 Å². The maximum Gasteiger partial charge on any atom is 0.316 e. The monoisotopic (exact) mass is 1050 g/mol. The predicted octanol–water partition coefficient (Wildman–Crippen LogP) is 8.50. The molecule has 1 amide bonds. The first-order valence-corrected chi connectivity index (χ1v) is 28.0. The normalized spacial score (nSPS) is 36.6. The number of hydrogen-bond acceptors (Lipinski definition) is 14. The molecule has 1 aliphatic carbocycles. The molecule has 3 aliphatic heterocycles. The highest BCUT2D eigenvalue weighted by Crippen LogP contribution is 2.39. The van der Waals surface area contributed by atoms with E-state index < -0.39 is 84.0 Å². The Kier molecular flexibility index (Phi) is 25.9. The lowest BCUT2D eigenvalue weighted by molar-refractivity contribution is -0.179. The van der Waals surface area contributed by atoms with Gasteiger partial charge in [-0.3, -0.25) is 28.8 Å². The molecule has 2 saturated heterocycles. The third-order valence-electron chi connectivity index (χ3n) is 16.6. The van der Waals surface area contributed by atoms with Crippen LogP contribution < -0.4 is 0 Å². The van der Waals surface area contributed by atoms with Crippen molar-refractivity contribution in [1.82, 2.24) is 4.90 Å². The summed E-state index contributed by atoms with van der Waals surface area (Å²) in [6.07, 6.45) is 12.9. The summed E-state index contributed by atoms with van der Waals surface area (Å²) in [7, 11) is 4.62. The van der Waals surface area contributed by atoms with E-state index in [1.165, 1.54) is 12.0 Å². The molecule has 0 radical (unpaired) electrons. The number of Topliss-reactive ketones (excluding diaryl/α,β-unsaturated/α-hetero) is 4. The topological polar surface area (TPSA) is 201 Å². The first-order chi connectivity index (χ1) is 35.5. The molecule has 0 aromatic rings. The third-order valence-corrected chi connectivity index (χ3v) is 16.6. The zero-order valence-corrected chi connectivity index (χ0v) is 47.8. The van der Waals surface area contributed by atoms with Crippen molar-refractivity contribution in [3.05, 3.63) is 47.6 Å². The van der Waals surface area contributed by atoms with Crippen molar-refractivity contribution in [2.45, 2.75) is 208 Å². The van der Waals surface area contributed by atoms with Crippen LogP contribution >= 0.6 is 0 Å². The fourth-order valence-corrected chi connectivity index (χ4v) is 11.5. The van der Waals surface area contributed by atoms with Gasteiger partial charge in [-0.15, -0.1) is 0 Å². The number of carbonyl (C=O) groups excluding carboxylic acids is 6. The Morgan fingerprint density at radius 1 is 0.827 bits per heavy atom. The van der Waals surface area contributed by atoms with Crippen LogP contribution in [0.3, 0.4) is 0 Å². The smallest absolute Gasteiger partial charge is 0.316 e. The summed E-state index contributed by atoms with van der Waals surface area (Å²) in [5.74, 6) is -4.33. The standard InChI is InChI=1S/C60H95NO14/c1-36(2)73-35-60(10,34-62)59(69)75-50-25-23-44(30-52(50)71-12)29-40(6)45-31-48(63)41(7)28-43(9)54(66)57(72-13)53(65)42(8)27-37(3)19-15-14-16-20-38(4)51(70-11)33-46-24-22-39(5)56(74-46)55(67)58(68)61-26-18-17-21-47(61)49(64)32-45/h14-16,19-20,28,36-37,39-42,44-47,50-52,54,56-57,62,66H,17-18,21-27,29-35H2,1-13H3/b16-14+,19-15+,38-20+,43-28+/t37-,39-,40-,41-,42-,44+,45-,46+,47+,50-,51+,52-,54-,56-,57+,60?/m1/s1. The number of esters is 1. The molecule has 2 bridgehead atoms. The van der Waals surface area contributed by atoms with Gasteiger partial charge in [-0.05, 0) is 140 Å². The largest absolute Gasteiger partial charge is 0.459 e. The van der Waals surface area contributed by atoms with Crippen molar-refractivity contribution in [2.24, 2.45) is 46.8 Å². The van der Waals surface area contributed by atoms with E-state index in [0.29, 0.717) is 76.2 Å². The average molecular weight is 1050 g/mol. The molecule has 4 rings (SSSR count). The Bertz CT molecular complexity index is 2030. The second kappa shape index (κ2) is 30.4. The van der Waals surface area contributed by atoms with Gasteiger partial charge in [-0.1, -0.05) is 71.1 Å². The van der Waals surface area contributed by atoms with Crippen LogP contribution in [0, 0.1) is 46.8 Å². The third kappa shape index (κ3) is 18.2. The van der Waals surface area contributed by atoms with Gasteiger partial charge in [0.2, 0.25) is 5.78 Å². The quantitative estimate of drug-likeness (QED) is 0.107. The first kappa shape index (κ1) is 63.8. The molecule has 3 heterocycles. The summed E-state index contributed by atoms with van der Waals surface area (Å²) in [5, 5.41) is 21.8. The fraction of sp³-hybridized carbons (Fsp3) is 0.767. The molecule has 2 N–H and O–H groups in total. The Hall–Kier alpha value is -3.70. The van der Waals surface area contributed by atoms with Gasteiger partial charge in [0, 0.05) is 59.0 Å². The molecule has 0 aromatic heterocycles. The number of aliphatic hydroxyl groups excluding tert-OH is 2. The second-order valence-corrected chi connectivity index (χ2v) is 23.4. The molecule has 16 atom stereocenters. The summed E-state index contributed by atoms with van der Waals surface area (Å²) >= 11 is 0. The zero-order chi connectivity index (χ0) is 55.7. The zero-order valence-electron chi connectivity index (χ0n) is 47.8. The van der Waals surface area contributed by atoms with Crippen LogP contribution in [0.25, 0.3) is 0 Å². The van der Waals surface area contributed by atoms with Gasteiger partial charge in [-0.2, -0.15) is 0 Å². The minimum atomic E-state index is -1.30. The summed E-state index contributed by atoms with van der Waals surface area (Å²) < 4.78 is 35.6. The highest BCUT2D eigenvalue weighted by molar-refractivity contribution is 6.38. The van der Waals surface area contributed by atoms with Crippen molar-refractivity contribution in [2.75, 3.05) is 41.1 Å². The number of ketones is 4. The number of amides is 1. The molecule has 15 heteroatoms. The number of carbonyl (C=O) groups is 6. The van der Waals surface area contributed by atoms with Crippen molar-refractivity contribution >= 4 is 35.0 Å². The lowest BCUT2D eigenvalue weighted by atomic mass is 9.73. The fourth-order valence-electron chi connectivity index (χ4n) is 11.5. The van der Waals surface area contributed by atoms with E-state index in [2.05, 4.69) is 0 Å². The van der Waals surface area contributed by atoms with Crippen LogP contribution in [0.1, 0.15) is 153 Å². The van der Waals surface area contributed by atoms with Gasteiger partial charge < -0.3 is 43.5 Å². The minimum Gasteiger partial charge on any atom is -0.459 e. The lowest BCUT2D eigenvalue weighted by Gasteiger charge is -2.39. The summed E-state index contributed by atoms with van der Waals surface area (Å²) in [6.45, 7) is 18.4. The lowest BCUT2D eigenvalue weighted by Crippen LogP contribution is -2.54. The van der Waals surface area contributed by atoms with Gasteiger partial charge in [0.25, 0.3) is 5.91 Å². The molecule has 424 valence electrons. The van der Waals surface area contributed by atoms with Gasteiger partial charge in [0.15, 0.2) is 11.6 Å². The van der Waals surface area contributed by atoms with Crippen LogP contribution in [0.15, 0.2) is 47.6 Å². The molecule has 1 unspecified atom stereocenters. The Labute approximate surface area is 448 Å². The van der Waals surface area contributed by atoms with E-state index in [1.807, 2.05) is 78.8 Å². The van der Waals surface area contributed by atoms with Gasteiger partial charge in [0.1, 0.15) is 35.6 Å². The van der Waals surface area contributed by atoms with Crippen LogP contribution in [-0.2, 0) is 57.2 Å². The Morgan fingerprint density at radius 2 is 1.53 bits per heavy atom. The number of piperidine rings is 1. The highest BCUT2D eigenvalue weighted by Gasteiger charge is 2.45. The summed E-state index contributed by atoms with van der Waals surface area (Å²) in [6, 6.07) is -0.846. The molecule has 75 heavy (non-hydrogen) atoms. The maximum atomic E-state index is 14.8. The van der Waals surface area contributed by atoms with Crippen LogP contribution in [-0.4, -0.2) is 146 Å². The van der Waals surface area contributed by atoms with E-state index in [0.717, 1.165) is 5.57 Å². The average Bonchev–Trinajstić information content (AvgIpc) is 3.38. The SMILES string of the molecule is CO[C@H]1C[C@@H]2CC[C@@H](C)[C@@H](O2)C(=O)C(=O)N2CCCC[C@H]2C(=O)C[C@H]([C@H](C)C[C@@H]2CC[C@@H](OC(=O)C(C)(CO)COC(C)C)[C@H](OC)C2)CC(=O)[C@H](C)/C=C(\C)[C@@H](O)[C@@H](OC)C(=O)[C@H](C)C[C@H](C)/C=C/C=C/C=C/1C. The van der Waals surface area contributed by atoms with E-state index in [9.17, 15) is 39.0 Å². The molecular formula is C60H95NO14. The number of rotatable bonds is 12. The summed E-state index contributed by atoms with van der Waals surface area (Å²) in [5.41, 5.74) is 0.140. The maximum absolute atomic E-state index is 14.8. The van der Waals surface area contributed by atoms with E-state index in [1.54, 1.807) is 41.1 Å². The van der Waals surface area contributed by atoms with Crippen LogP contribution in [0.5, 0.6) is 0 Å². The molecule has 1 saturated carbocycles. The van der Waals surface area contributed by atoms with Crippen LogP contribution in [0.2, 0.25) is 0 Å². The van der Waals surface area contributed by atoms with E-state index >= 15 is 0 Å². The van der Waals surface area contributed by atoms with E-state index in [4.69, 9.17) is 28.4 Å². The van der Waals surface area contributed by atoms with Gasteiger partial charge >= 0.3 is 5.97 Å². The van der Waals surface area contributed by atoms with E-state index in [-0.39, 0.29) is 85.3 Å². The first-order valence-electron chi connectivity index (χ1n) is 28.0. The number of aliphatic hydroxyl groups is 2. The minimum absolute atomic E-state index is 0.00292. The molecule has 4 aliphatic rings. The van der Waals surface area contributed by atoms with Crippen molar-refractivity contribution < 1.29 is 67.4 Å². The highest BCUT2D eigenvalue weighted by atomic mass is 16.6. The van der Waals surface area contributed by atoms with Crippen molar-refractivity contribution in [3.63, 3.8) is 0 Å². The Balaban J connectivity index is 1.66. The number of hydrogen-bond donors (Lipinski definition) is 2. The number of nitrogens with zero attached hydrogens (tertiary/aromatic N) is 1. The van der Waals surface area contributed by atoms with Crippen molar-refractivity contribution in [3.8, 4) is 0 Å². The molecule has 0 spiro atoms. The Morgan fingerprint density at radius 3 is 2.19 bits per heavy atom. The molecule has 15 nitrogen and oxygen atoms in total. The molecule has 0 aromatic carbocycles. The van der Waals surface area contributed by atoms with Gasteiger partial charge in [-0.25, -0.2) is 0 Å². The number of ether oxygens (including phenoxy) is 6. The molecule has 3 fully saturated rings. The molecular weight excluding hydrogens is 959 g/mol. The summed E-state index contributed by atoms with van der Waals surface area (Å²) in [4.78, 5) is 86.7.